The molecule has 0 aliphatic carbocycles. The molecule has 1 aliphatic heterocycles. The van der Waals surface area contributed by atoms with Crippen LogP contribution in [-0.2, 0) is 14.3 Å². The third-order valence-electron chi connectivity index (χ3n) is 3.37. The maximum Gasteiger partial charge on any atom is 0.337 e. The van der Waals surface area contributed by atoms with E-state index in [0.717, 1.165) is 0 Å². The van der Waals surface area contributed by atoms with Crippen LogP contribution in [-0.4, -0.2) is 55.8 Å². The van der Waals surface area contributed by atoms with Crippen molar-refractivity contribution in [1.82, 2.24) is 4.90 Å². The Morgan fingerprint density at radius 3 is 2.78 bits per heavy atom. The molecule has 7 nitrogen and oxygen atoms in total. The fraction of sp³-hybridized carbons (Fsp3) is 0.333. The molecule has 0 spiro atoms. The molecule has 0 unspecified atom stereocenters. The van der Waals surface area contributed by atoms with Gasteiger partial charge in [-0.25, -0.2) is 9.18 Å². The molecule has 0 bridgehead atoms. The second-order valence-electron chi connectivity index (χ2n) is 4.77. The molecule has 2 rings (SSSR count). The van der Waals surface area contributed by atoms with E-state index in [1.165, 1.54) is 37.3 Å². The van der Waals surface area contributed by atoms with Gasteiger partial charge >= 0.3 is 5.97 Å². The second kappa shape index (κ2) is 7.10. The molecule has 1 aromatic carbocycles. The quantitative estimate of drug-likeness (QED) is 0.741. The molecule has 0 radical (unpaired) electrons. The zero-order valence-electron chi connectivity index (χ0n) is 12.8. The largest absolute Gasteiger partial charge is 0.494 e. The Morgan fingerprint density at radius 2 is 2.17 bits per heavy atom. The van der Waals surface area contributed by atoms with Crippen molar-refractivity contribution in [3.63, 3.8) is 0 Å². The number of rotatable bonds is 6. The van der Waals surface area contributed by atoms with E-state index >= 15 is 0 Å². The fourth-order valence-electron chi connectivity index (χ4n) is 2.23. The van der Waals surface area contributed by atoms with Crippen molar-refractivity contribution in [1.29, 1.82) is 0 Å². The van der Waals surface area contributed by atoms with Gasteiger partial charge < -0.3 is 24.8 Å². The lowest BCUT2D eigenvalue weighted by atomic mass is 10.2. The van der Waals surface area contributed by atoms with Gasteiger partial charge in [-0.3, -0.25) is 4.79 Å². The first-order valence-electron chi connectivity index (χ1n) is 6.84. The average molecular weight is 324 g/mol. The van der Waals surface area contributed by atoms with Crippen LogP contribution in [0.4, 0.5) is 10.1 Å². The molecule has 124 valence electrons. The number of aliphatic hydroxyl groups is 1. The van der Waals surface area contributed by atoms with E-state index < -0.39 is 17.7 Å². The number of nitrogens with zero attached hydrogens (tertiary/aromatic N) is 1. The monoisotopic (exact) mass is 324 g/mol. The van der Waals surface area contributed by atoms with E-state index in [1.807, 2.05) is 0 Å². The Kier molecular flexibility index (Phi) is 5.17. The smallest absolute Gasteiger partial charge is 0.337 e. The minimum Gasteiger partial charge on any atom is -0.494 e. The van der Waals surface area contributed by atoms with Crippen molar-refractivity contribution >= 4 is 17.6 Å². The average Bonchev–Trinajstić information content (AvgIpc) is 2.85. The number of esters is 1. The summed E-state index contributed by atoms with van der Waals surface area (Å²) in [6.07, 6.45) is 0. The molecule has 1 aromatic rings. The highest BCUT2D eigenvalue weighted by molar-refractivity contribution is 6.08. The van der Waals surface area contributed by atoms with Gasteiger partial charge in [-0.2, -0.15) is 0 Å². The lowest BCUT2D eigenvalue weighted by Gasteiger charge is -2.15. The molecular weight excluding hydrogens is 307 g/mol. The molecule has 23 heavy (non-hydrogen) atoms. The third kappa shape index (κ3) is 3.42. The molecule has 2 N–H and O–H groups in total. The third-order valence-corrected chi connectivity index (χ3v) is 3.37. The molecule has 0 saturated heterocycles. The maximum absolute atomic E-state index is 13.4. The summed E-state index contributed by atoms with van der Waals surface area (Å²) in [7, 11) is 2.54. The number of anilines is 1. The molecular formula is C15H17FN2O5. The number of aliphatic hydroxyl groups excluding tert-OH is 1. The van der Waals surface area contributed by atoms with Crippen LogP contribution in [0.15, 0.2) is 29.5 Å². The molecule has 8 heteroatoms. The van der Waals surface area contributed by atoms with Crippen molar-refractivity contribution in [2.45, 2.75) is 0 Å². The van der Waals surface area contributed by atoms with Crippen molar-refractivity contribution in [2.75, 3.05) is 39.2 Å². The second-order valence-corrected chi connectivity index (χ2v) is 4.77. The van der Waals surface area contributed by atoms with Crippen molar-refractivity contribution in [3.8, 4) is 5.75 Å². The molecule has 1 amide bonds. The highest BCUT2D eigenvalue weighted by atomic mass is 19.1. The number of benzene rings is 1. The van der Waals surface area contributed by atoms with Crippen LogP contribution in [0.3, 0.4) is 0 Å². The number of ether oxygens (including phenoxy) is 2. The first-order chi connectivity index (χ1) is 11.0. The zero-order chi connectivity index (χ0) is 17.0. The number of β-amino-alcohol motifs (C(OH)–C–C–N with tert-alkyl or cyclic N) is 1. The Balaban J connectivity index is 2.33. The van der Waals surface area contributed by atoms with Gasteiger partial charge in [0.15, 0.2) is 11.6 Å². The Morgan fingerprint density at radius 1 is 1.43 bits per heavy atom. The SMILES string of the molecule is COC(=O)C1=C(Nc2ccc(F)c(OC)c2)C(=O)N(CCO)C1. The molecule has 1 aliphatic rings. The van der Waals surface area contributed by atoms with Crippen molar-refractivity contribution < 1.29 is 28.6 Å². The number of hydrogen-bond acceptors (Lipinski definition) is 6. The predicted molar refractivity (Wildman–Crippen MR) is 79.3 cm³/mol. The topological polar surface area (TPSA) is 88.1 Å². The molecule has 0 aromatic heterocycles. The van der Waals surface area contributed by atoms with E-state index in [4.69, 9.17) is 9.84 Å². The Hall–Kier alpha value is -2.61. The molecule has 0 saturated carbocycles. The van der Waals surface area contributed by atoms with Gasteiger partial charge in [-0.05, 0) is 12.1 Å². The van der Waals surface area contributed by atoms with Crippen LogP contribution in [0.2, 0.25) is 0 Å². The number of nitrogens with one attached hydrogen (secondary N) is 1. The minimum absolute atomic E-state index is 0.00729. The van der Waals surface area contributed by atoms with E-state index in [9.17, 15) is 14.0 Å². The van der Waals surface area contributed by atoms with Gasteiger partial charge in [-0.15, -0.1) is 0 Å². The first kappa shape index (κ1) is 16.8. The highest BCUT2D eigenvalue weighted by Crippen LogP contribution is 2.26. The van der Waals surface area contributed by atoms with E-state index in [0.29, 0.717) is 5.69 Å². The van der Waals surface area contributed by atoms with Crippen LogP contribution in [0.1, 0.15) is 0 Å². The van der Waals surface area contributed by atoms with Crippen molar-refractivity contribution in [3.05, 3.63) is 35.3 Å². The van der Waals surface area contributed by atoms with Crippen molar-refractivity contribution in [2.24, 2.45) is 0 Å². The van der Waals surface area contributed by atoms with Gasteiger partial charge in [0, 0.05) is 18.3 Å². The predicted octanol–water partition coefficient (Wildman–Crippen LogP) is 0.508. The lowest BCUT2D eigenvalue weighted by molar-refractivity contribution is -0.136. The number of carbonyl (C=O) groups excluding carboxylic acids is 2. The lowest BCUT2D eigenvalue weighted by Crippen LogP contribution is -2.31. The number of halogens is 1. The fourth-order valence-corrected chi connectivity index (χ4v) is 2.23. The zero-order valence-corrected chi connectivity index (χ0v) is 12.8. The summed E-state index contributed by atoms with van der Waals surface area (Å²) in [5.74, 6) is -1.62. The summed E-state index contributed by atoms with van der Waals surface area (Å²) in [6.45, 7) is -0.0954. The summed E-state index contributed by atoms with van der Waals surface area (Å²) in [6, 6.07) is 3.98. The van der Waals surface area contributed by atoms with E-state index in [1.54, 1.807) is 0 Å². The van der Waals surface area contributed by atoms with E-state index in [2.05, 4.69) is 10.1 Å². The van der Waals surface area contributed by atoms with Gasteiger partial charge in [0.05, 0.1) is 32.9 Å². The van der Waals surface area contributed by atoms with E-state index in [-0.39, 0.29) is 36.7 Å². The van der Waals surface area contributed by atoms with Gasteiger partial charge in [0.2, 0.25) is 0 Å². The van der Waals surface area contributed by atoms with Gasteiger partial charge in [0.1, 0.15) is 5.70 Å². The Bertz CT molecular complexity index is 659. The van der Waals surface area contributed by atoms with Crippen LogP contribution in [0, 0.1) is 5.82 Å². The molecule has 1 heterocycles. The maximum atomic E-state index is 13.4. The van der Waals surface area contributed by atoms with Crippen LogP contribution in [0.25, 0.3) is 0 Å². The van der Waals surface area contributed by atoms with Crippen LogP contribution < -0.4 is 10.1 Å². The summed E-state index contributed by atoms with van der Waals surface area (Å²) >= 11 is 0. The van der Waals surface area contributed by atoms with Gasteiger partial charge in [0.25, 0.3) is 5.91 Å². The molecule has 0 atom stereocenters. The number of methoxy groups -OCH3 is 2. The summed E-state index contributed by atoms with van der Waals surface area (Å²) < 4.78 is 23.0. The Labute approximate surface area is 132 Å². The van der Waals surface area contributed by atoms with Gasteiger partial charge in [-0.1, -0.05) is 0 Å². The number of amides is 1. The normalized spacial score (nSPS) is 14.3. The standard InChI is InChI=1S/C15H17FN2O5/c1-22-12-7-9(3-4-11(12)16)17-13-10(15(21)23-2)8-18(5-6-19)14(13)20/h3-4,7,17,19H,5-6,8H2,1-2H3. The number of hydrogen-bond donors (Lipinski definition) is 2. The molecule has 0 fully saturated rings. The first-order valence-corrected chi connectivity index (χ1v) is 6.84. The highest BCUT2D eigenvalue weighted by Gasteiger charge is 2.34. The minimum atomic E-state index is -0.643. The summed E-state index contributed by atoms with van der Waals surface area (Å²) in [5.41, 5.74) is 0.576. The van der Waals surface area contributed by atoms with Crippen LogP contribution >= 0.6 is 0 Å². The summed E-state index contributed by atoms with van der Waals surface area (Å²) in [4.78, 5) is 25.5. The number of carbonyl (C=O) groups is 2. The summed E-state index contributed by atoms with van der Waals surface area (Å²) in [5, 5.41) is 11.8. The van der Waals surface area contributed by atoms with Crippen LogP contribution in [0.5, 0.6) is 5.75 Å².